The van der Waals surface area contributed by atoms with Crippen molar-refractivity contribution in [2.75, 3.05) is 39.5 Å². The van der Waals surface area contributed by atoms with E-state index < -0.39 is 0 Å². The van der Waals surface area contributed by atoms with Crippen LogP contribution in [0.5, 0.6) is 0 Å². The third-order valence-corrected chi connectivity index (χ3v) is 5.37. The fraction of sp³-hybridized carbons (Fsp3) is 0.700. The number of likely N-dealkylation sites (tertiary alicyclic amines) is 1. The van der Waals surface area contributed by atoms with Gasteiger partial charge in [-0.05, 0) is 37.2 Å². The van der Waals surface area contributed by atoms with Crippen LogP contribution >= 0.6 is 0 Å². The van der Waals surface area contributed by atoms with Crippen LogP contribution in [0.25, 0.3) is 0 Å². The van der Waals surface area contributed by atoms with E-state index in [0.29, 0.717) is 17.9 Å². The summed E-state index contributed by atoms with van der Waals surface area (Å²) in [4.78, 5) is 2.62. The van der Waals surface area contributed by atoms with E-state index in [4.69, 9.17) is 9.47 Å². The summed E-state index contributed by atoms with van der Waals surface area (Å²) in [6, 6.07) is 11.0. The minimum absolute atomic E-state index is 0.462. The van der Waals surface area contributed by atoms with Gasteiger partial charge in [0.05, 0.1) is 19.3 Å². The molecule has 2 atom stereocenters. The predicted molar refractivity (Wildman–Crippen MR) is 93.8 cm³/mol. The van der Waals surface area contributed by atoms with Gasteiger partial charge in [0, 0.05) is 32.2 Å². The Morgan fingerprint density at radius 2 is 1.96 bits per heavy atom. The topological polar surface area (TPSA) is 21.7 Å². The molecule has 0 bridgehead atoms. The number of hydrogen-bond donors (Lipinski definition) is 0. The van der Waals surface area contributed by atoms with Gasteiger partial charge in [0.1, 0.15) is 0 Å². The lowest BCUT2D eigenvalue weighted by atomic mass is 9.95. The molecule has 1 aromatic rings. The fourth-order valence-corrected chi connectivity index (χ4v) is 3.75. The van der Waals surface area contributed by atoms with E-state index >= 15 is 0 Å². The van der Waals surface area contributed by atoms with Crippen molar-refractivity contribution in [3.8, 4) is 0 Å². The monoisotopic (exact) mass is 317 g/mol. The van der Waals surface area contributed by atoms with Gasteiger partial charge in [-0.2, -0.15) is 0 Å². The highest BCUT2D eigenvalue weighted by atomic mass is 16.5. The van der Waals surface area contributed by atoms with Gasteiger partial charge < -0.3 is 14.4 Å². The Hall–Kier alpha value is -0.900. The molecule has 23 heavy (non-hydrogen) atoms. The maximum absolute atomic E-state index is 6.12. The first-order valence-corrected chi connectivity index (χ1v) is 9.31. The fourth-order valence-electron chi connectivity index (χ4n) is 3.75. The number of nitrogens with zero attached hydrogens (tertiary/aromatic N) is 1. The molecule has 3 rings (SSSR count). The summed E-state index contributed by atoms with van der Waals surface area (Å²) in [6.07, 6.45) is 5.21. The summed E-state index contributed by atoms with van der Waals surface area (Å²) in [7, 11) is 0. The average molecular weight is 317 g/mol. The second-order valence-electron chi connectivity index (χ2n) is 7.08. The number of ether oxygens (including phenoxy) is 2. The van der Waals surface area contributed by atoms with Crippen LogP contribution in [0.1, 0.15) is 44.1 Å². The lowest BCUT2D eigenvalue weighted by Gasteiger charge is -2.34. The molecule has 0 aromatic heterocycles. The Morgan fingerprint density at radius 1 is 1.17 bits per heavy atom. The van der Waals surface area contributed by atoms with Crippen LogP contribution in [0.4, 0.5) is 0 Å². The number of benzene rings is 1. The molecule has 2 aliphatic heterocycles. The third-order valence-electron chi connectivity index (χ3n) is 5.37. The standard InChI is InChI=1S/C20H31NO2/c1-2-18(19-6-4-3-5-7-19)14-21-11-8-20(9-12-21)23-16-17-10-13-22-15-17/h3-7,17-18,20H,2,8-16H2,1H3. The number of hydrogen-bond acceptors (Lipinski definition) is 3. The zero-order chi connectivity index (χ0) is 15.9. The van der Waals surface area contributed by atoms with E-state index in [1.807, 2.05) is 0 Å². The van der Waals surface area contributed by atoms with E-state index in [-0.39, 0.29) is 0 Å². The normalized spacial score (nSPS) is 24.8. The van der Waals surface area contributed by atoms with Crippen LogP contribution in [0.3, 0.4) is 0 Å². The number of rotatable bonds is 7. The number of piperidine rings is 1. The molecule has 2 unspecified atom stereocenters. The van der Waals surface area contributed by atoms with Crippen molar-refractivity contribution in [1.82, 2.24) is 4.90 Å². The van der Waals surface area contributed by atoms with E-state index in [2.05, 4.69) is 42.2 Å². The van der Waals surface area contributed by atoms with Crippen LogP contribution in [0, 0.1) is 5.92 Å². The first kappa shape index (κ1) is 16.9. The van der Waals surface area contributed by atoms with Gasteiger partial charge in [-0.25, -0.2) is 0 Å². The van der Waals surface area contributed by atoms with Crippen LogP contribution in [0.2, 0.25) is 0 Å². The molecule has 2 saturated heterocycles. The van der Waals surface area contributed by atoms with Crippen molar-refractivity contribution in [3.05, 3.63) is 35.9 Å². The van der Waals surface area contributed by atoms with Crippen molar-refractivity contribution < 1.29 is 9.47 Å². The quantitative estimate of drug-likeness (QED) is 0.765. The molecule has 3 nitrogen and oxygen atoms in total. The third kappa shape index (κ3) is 5.03. The molecule has 0 aliphatic carbocycles. The van der Waals surface area contributed by atoms with Crippen molar-refractivity contribution in [2.24, 2.45) is 5.92 Å². The Labute approximate surface area is 141 Å². The Bertz CT molecular complexity index is 436. The van der Waals surface area contributed by atoms with Crippen molar-refractivity contribution in [2.45, 2.75) is 44.6 Å². The van der Waals surface area contributed by atoms with E-state index in [1.165, 1.54) is 50.9 Å². The molecule has 128 valence electrons. The van der Waals surface area contributed by atoms with Crippen LogP contribution in [-0.2, 0) is 9.47 Å². The van der Waals surface area contributed by atoms with Gasteiger partial charge in [-0.1, -0.05) is 37.3 Å². The summed E-state index contributed by atoms with van der Waals surface area (Å²) in [5.74, 6) is 1.29. The highest BCUT2D eigenvalue weighted by Gasteiger charge is 2.24. The first-order chi connectivity index (χ1) is 11.3. The van der Waals surface area contributed by atoms with Crippen molar-refractivity contribution in [3.63, 3.8) is 0 Å². The largest absolute Gasteiger partial charge is 0.381 e. The minimum Gasteiger partial charge on any atom is -0.381 e. The summed E-state index contributed by atoms with van der Waals surface area (Å²) < 4.78 is 11.5. The van der Waals surface area contributed by atoms with Gasteiger partial charge in [0.2, 0.25) is 0 Å². The van der Waals surface area contributed by atoms with Gasteiger partial charge in [0.25, 0.3) is 0 Å². The SMILES string of the molecule is CCC(CN1CCC(OCC2CCOC2)CC1)c1ccccc1. The van der Waals surface area contributed by atoms with Crippen molar-refractivity contribution >= 4 is 0 Å². The maximum atomic E-state index is 6.12. The molecule has 0 N–H and O–H groups in total. The van der Waals surface area contributed by atoms with Gasteiger partial charge >= 0.3 is 0 Å². The minimum atomic E-state index is 0.462. The molecule has 1 aromatic carbocycles. The summed E-state index contributed by atoms with van der Waals surface area (Å²) in [5, 5.41) is 0. The molecule has 2 heterocycles. The summed E-state index contributed by atoms with van der Waals surface area (Å²) >= 11 is 0. The smallest absolute Gasteiger partial charge is 0.0599 e. The molecule has 2 fully saturated rings. The van der Waals surface area contributed by atoms with Crippen molar-refractivity contribution in [1.29, 1.82) is 0 Å². The molecule has 0 spiro atoms. The van der Waals surface area contributed by atoms with Gasteiger partial charge in [-0.15, -0.1) is 0 Å². The zero-order valence-electron chi connectivity index (χ0n) is 14.5. The second kappa shape index (κ2) is 8.81. The van der Waals surface area contributed by atoms with E-state index in [0.717, 1.165) is 19.8 Å². The van der Waals surface area contributed by atoms with Gasteiger partial charge in [0.15, 0.2) is 0 Å². The van der Waals surface area contributed by atoms with E-state index in [1.54, 1.807) is 0 Å². The zero-order valence-corrected chi connectivity index (χ0v) is 14.5. The first-order valence-electron chi connectivity index (χ1n) is 9.31. The average Bonchev–Trinajstić information content (AvgIpc) is 3.13. The lowest BCUT2D eigenvalue weighted by molar-refractivity contribution is -0.0112. The van der Waals surface area contributed by atoms with E-state index in [9.17, 15) is 0 Å². The van der Waals surface area contributed by atoms with Crippen LogP contribution in [0.15, 0.2) is 30.3 Å². The highest BCUT2D eigenvalue weighted by Crippen LogP contribution is 2.24. The Balaban J connectivity index is 1.39. The van der Waals surface area contributed by atoms with Gasteiger partial charge in [-0.3, -0.25) is 0 Å². The molecule has 0 radical (unpaired) electrons. The molecular formula is C20H31NO2. The summed E-state index contributed by atoms with van der Waals surface area (Å²) in [5.41, 5.74) is 1.48. The summed E-state index contributed by atoms with van der Waals surface area (Å²) in [6.45, 7) is 8.55. The molecule has 2 aliphatic rings. The molecular weight excluding hydrogens is 286 g/mol. The van der Waals surface area contributed by atoms with Crippen LogP contribution < -0.4 is 0 Å². The van der Waals surface area contributed by atoms with Crippen LogP contribution in [-0.4, -0.2) is 50.5 Å². The molecule has 0 saturated carbocycles. The Morgan fingerprint density at radius 3 is 2.61 bits per heavy atom. The highest BCUT2D eigenvalue weighted by molar-refractivity contribution is 5.19. The Kier molecular flexibility index (Phi) is 6.49. The second-order valence-corrected chi connectivity index (χ2v) is 7.08. The predicted octanol–water partition coefficient (Wildman–Crippen LogP) is 3.70. The molecule has 3 heteroatoms. The maximum Gasteiger partial charge on any atom is 0.0599 e. The molecule has 0 amide bonds. The lowest BCUT2D eigenvalue weighted by Crippen LogP contribution is -2.39.